The van der Waals surface area contributed by atoms with E-state index in [0.717, 1.165) is 80.1 Å². The summed E-state index contributed by atoms with van der Waals surface area (Å²) in [6.07, 6.45) is 6.81. The minimum Gasteiger partial charge on any atom is -0.340 e. The Morgan fingerprint density at radius 1 is 1.09 bits per heavy atom. The fourth-order valence-corrected chi connectivity index (χ4v) is 6.78. The molecule has 2 saturated heterocycles. The fraction of sp³-hybridized carbons (Fsp3) is 0.538. The lowest BCUT2D eigenvalue weighted by Crippen LogP contribution is -2.50. The molecule has 0 N–H and O–H groups in total. The van der Waals surface area contributed by atoms with Crippen molar-refractivity contribution in [1.82, 2.24) is 19.7 Å². The Balaban J connectivity index is 1.34. The van der Waals surface area contributed by atoms with Gasteiger partial charge in [-0.15, -0.1) is 0 Å². The van der Waals surface area contributed by atoms with E-state index in [1.165, 1.54) is 16.7 Å². The molecule has 0 bridgehead atoms. The van der Waals surface area contributed by atoms with Crippen LogP contribution in [0, 0.1) is 5.92 Å². The van der Waals surface area contributed by atoms with Gasteiger partial charge in [0, 0.05) is 48.3 Å². The van der Waals surface area contributed by atoms with E-state index < -0.39 is 0 Å². The maximum Gasteiger partial charge on any atom is 0.222 e. The van der Waals surface area contributed by atoms with E-state index in [2.05, 4.69) is 49.8 Å². The third kappa shape index (κ3) is 5.00. The van der Waals surface area contributed by atoms with Crippen molar-refractivity contribution < 1.29 is 4.79 Å². The number of benzene rings is 1. The van der Waals surface area contributed by atoms with Crippen molar-refractivity contribution in [3.05, 3.63) is 62.3 Å². The number of nitrogens with zero attached hydrogens (tertiary/aromatic N) is 4. The molecule has 0 spiro atoms. The fourth-order valence-electron chi connectivity index (χ4n) is 5.69. The van der Waals surface area contributed by atoms with Gasteiger partial charge in [0.25, 0.3) is 0 Å². The van der Waals surface area contributed by atoms with Gasteiger partial charge in [0.15, 0.2) is 0 Å². The first-order valence-corrected chi connectivity index (χ1v) is 13.3. The highest BCUT2D eigenvalue weighted by Gasteiger charge is 2.34. The molecule has 1 amide bonds. The molecule has 5 nitrogen and oxygen atoms in total. The molecule has 2 aromatic rings. The number of fused-ring (bicyclic) bond motifs is 2. The first kappa shape index (κ1) is 23.3. The number of carbonyl (C=O) groups is 1. The number of aromatic nitrogens is 1. The molecule has 1 unspecified atom stereocenters. The van der Waals surface area contributed by atoms with E-state index in [9.17, 15) is 4.79 Å². The quantitative estimate of drug-likeness (QED) is 0.582. The Labute approximate surface area is 210 Å². The number of hydrogen-bond donors (Lipinski definition) is 0. The van der Waals surface area contributed by atoms with Crippen LogP contribution in [0.5, 0.6) is 0 Å². The summed E-state index contributed by atoms with van der Waals surface area (Å²) in [5.41, 5.74) is 5.02. The first-order valence-electron chi connectivity index (χ1n) is 12.1. The molecule has 33 heavy (non-hydrogen) atoms. The van der Waals surface area contributed by atoms with Crippen LogP contribution >= 0.6 is 27.5 Å². The molecule has 1 aromatic heterocycles. The number of likely N-dealkylation sites (tertiary alicyclic amines) is 1. The topological polar surface area (TPSA) is 39.7 Å². The van der Waals surface area contributed by atoms with E-state index in [1.54, 1.807) is 0 Å². The van der Waals surface area contributed by atoms with Crippen LogP contribution in [-0.4, -0.2) is 71.9 Å². The summed E-state index contributed by atoms with van der Waals surface area (Å²) < 4.78 is 1.05. The van der Waals surface area contributed by atoms with Gasteiger partial charge in [-0.2, -0.15) is 0 Å². The summed E-state index contributed by atoms with van der Waals surface area (Å²) >= 11 is 10.2. The highest BCUT2D eigenvalue weighted by molar-refractivity contribution is 9.10. The van der Waals surface area contributed by atoms with Gasteiger partial charge in [-0.1, -0.05) is 33.6 Å². The predicted octanol–water partition coefficient (Wildman–Crippen LogP) is 4.56. The summed E-state index contributed by atoms with van der Waals surface area (Å²) in [7, 11) is 2.17. The molecule has 2 aliphatic heterocycles. The van der Waals surface area contributed by atoms with Crippen LogP contribution in [0.2, 0.25) is 5.02 Å². The van der Waals surface area contributed by atoms with Crippen LogP contribution in [-0.2, 0) is 17.6 Å². The highest BCUT2D eigenvalue weighted by Crippen LogP contribution is 2.41. The number of pyridine rings is 1. The van der Waals surface area contributed by atoms with Gasteiger partial charge in [0.2, 0.25) is 5.91 Å². The average molecular weight is 532 g/mol. The zero-order chi connectivity index (χ0) is 22.9. The third-order valence-corrected chi connectivity index (χ3v) is 8.51. The molecule has 5 rings (SSSR count). The van der Waals surface area contributed by atoms with Crippen LogP contribution < -0.4 is 0 Å². The van der Waals surface area contributed by atoms with E-state index in [-0.39, 0.29) is 6.04 Å². The minimum atomic E-state index is 0.0801. The number of rotatable bonds is 3. The SMILES string of the molecule is CN1CCC(CC(=O)N2CCN(C3c4ncccc4CCc4cc(Cl)cc(Br)c43)CC2)CC1. The maximum atomic E-state index is 13.0. The Kier molecular flexibility index (Phi) is 7.07. The van der Waals surface area contributed by atoms with Crippen LogP contribution in [0.3, 0.4) is 0 Å². The second-order valence-electron chi connectivity index (χ2n) is 9.78. The van der Waals surface area contributed by atoms with Crippen molar-refractivity contribution in [1.29, 1.82) is 0 Å². The van der Waals surface area contributed by atoms with Crippen molar-refractivity contribution in [2.75, 3.05) is 46.3 Å². The van der Waals surface area contributed by atoms with Gasteiger partial charge >= 0.3 is 0 Å². The van der Waals surface area contributed by atoms with Crippen molar-refractivity contribution >= 4 is 33.4 Å². The highest BCUT2D eigenvalue weighted by atomic mass is 79.9. The standard InChI is InChI=1S/C26H32BrClN4O/c1-30-9-6-18(7-10-30)15-23(33)31-11-13-32(14-12-31)26-24-20(16-21(28)17-22(24)27)5-4-19-3-2-8-29-25(19)26/h2-3,8,16-18,26H,4-7,9-15H2,1H3. The van der Waals surface area contributed by atoms with Gasteiger partial charge in [-0.3, -0.25) is 14.7 Å². The molecule has 1 aromatic carbocycles. The molecule has 176 valence electrons. The molecule has 2 fully saturated rings. The number of piperidine rings is 1. The van der Waals surface area contributed by atoms with E-state index >= 15 is 0 Å². The number of hydrogen-bond acceptors (Lipinski definition) is 4. The van der Waals surface area contributed by atoms with Crippen molar-refractivity contribution in [3.63, 3.8) is 0 Å². The third-order valence-electron chi connectivity index (χ3n) is 7.64. The Morgan fingerprint density at radius 2 is 1.82 bits per heavy atom. The zero-order valence-corrected chi connectivity index (χ0v) is 21.6. The van der Waals surface area contributed by atoms with Crippen LogP contribution in [0.1, 0.15) is 47.7 Å². The van der Waals surface area contributed by atoms with Crippen LogP contribution in [0.4, 0.5) is 0 Å². The lowest BCUT2D eigenvalue weighted by molar-refractivity contribution is -0.134. The van der Waals surface area contributed by atoms with Gasteiger partial charge in [-0.25, -0.2) is 0 Å². The lowest BCUT2D eigenvalue weighted by Gasteiger charge is -2.40. The summed E-state index contributed by atoms with van der Waals surface area (Å²) in [5, 5.41) is 0.766. The lowest BCUT2D eigenvalue weighted by atomic mass is 9.93. The van der Waals surface area contributed by atoms with E-state index in [4.69, 9.17) is 16.6 Å². The molecular formula is C26H32BrClN4O. The second-order valence-corrected chi connectivity index (χ2v) is 11.1. The smallest absolute Gasteiger partial charge is 0.222 e. The maximum absolute atomic E-state index is 13.0. The van der Waals surface area contributed by atoms with Gasteiger partial charge in [-0.05, 0) is 86.6 Å². The van der Waals surface area contributed by atoms with Gasteiger partial charge < -0.3 is 9.80 Å². The first-order chi connectivity index (χ1) is 16.0. The van der Waals surface area contributed by atoms with Crippen LogP contribution in [0.15, 0.2) is 34.9 Å². The van der Waals surface area contributed by atoms with Gasteiger partial charge in [0.1, 0.15) is 0 Å². The van der Waals surface area contributed by atoms with Crippen molar-refractivity contribution in [2.45, 2.75) is 38.1 Å². The van der Waals surface area contributed by atoms with E-state index in [1.807, 2.05) is 18.3 Å². The number of aryl methyl sites for hydroxylation is 2. The summed E-state index contributed by atoms with van der Waals surface area (Å²) in [6, 6.07) is 8.44. The Hall–Kier alpha value is -1.47. The Bertz CT molecular complexity index is 1020. The molecular weight excluding hydrogens is 500 g/mol. The summed E-state index contributed by atoms with van der Waals surface area (Å²) in [6.45, 7) is 5.49. The van der Waals surface area contributed by atoms with Gasteiger partial charge in [0.05, 0.1) is 11.7 Å². The average Bonchev–Trinajstić information content (AvgIpc) is 2.98. The molecule has 3 heterocycles. The monoisotopic (exact) mass is 530 g/mol. The Morgan fingerprint density at radius 3 is 2.58 bits per heavy atom. The number of halogens is 2. The molecule has 0 saturated carbocycles. The van der Waals surface area contributed by atoms with E-state index in [0.29, 0.717) is 18.2 Å². The predicted molar refractivity (Wildman–Crippen MR) is 136 cm³/mol. The number of piperazine rings is 1. The van der Waals surface area contributed by atoms with Crippen molar-refractivity contribution in [3.8, 4) is 0 Å². The largest absolute Gasteiger partial charge is 0.340 e. The normalized spacial score (nSPS) is 22.5. The molecule has 7 heteroatoms. The number of amides is 1. The molecule has 3 aliphatic rings. The summed E-state index contributed by atoms with van der Waals surface area (Å²) in [5.74, 6) is 0.870. The molecule has 1 aliphatic carbocycles. The zero-order valence-electron chi connectivity index (χ0n) is 19.3. The number of carbonyl (C=O) groups excluding carboxylic acids is 1. The minimum absolute atomic E-state index is 0.0801. The molecule has 0 radical (unpaired) electrons. The molecule has 1 atom stereocenters. The second kappa shape index (κ2) is 10.0. The van der Waals surface area contributed by atoms with Crippen molar-refractivity contribution in [2.24, 2.45) is 5.92 Å². The van der Waals surface area contributed by atoms with Crippen LogP contribution in [0.25, 0.3) is 0 Å². The summed E-state index contributed by atoms with van der Waals surface area (Å²) in [4.78, 5) is 24.8.